The van der Waals surface area contributed by atoms with Gasteiger partial charge < -0.3 is 10.1 Å². The van der Waals surface area contributed by atoms with Crippen LogP contribution in [0.3, 0.4) is 0 Å². The van der Waals surface area contributed by atoms with Gasteiger partial charge in [0.2, 0.25) is 0 Å². The molecule has 100 valence electrons. The van der Waals surface area contributed by atoms with E-state index >= 15 is 0 Å². The van der Waals surface area contributed by atoms with Crippen molar-refractivity contribution < 1.29 is 4.74 Å². The molecular weight excluding hydrogens is 269 g/mol. The monoisotopic (exact) mass is 287 g/mol. The van der Waals surface area contributed by atoms with Gasteiger partial charge in [-0.2, -0.15) is 0 Å². The zero-order valence-corrected chi connectivity index (χ0v) is 12.1. The van der Waals surface area contributed by atoms with Gasteiger partial charge in [0, 0.05) is 12.5 Å². The lowest BCUT2D eigenvalue weighted by Gasteiger charge is -2.24. The van der Waals surface area contributed by atoms with E-state index < -0.39 is 0 Å². The molecule has 1 aromatic rings. The van der Waals surface area contributed by atoms with Gasteiger partial charge in [0.1, 0.15) is 16.9 Å². The molecule has 2 nitrogen and oxygen atoms in total. The first-order chi connectivity index (χ1) is 8.72. The Balaban J connectivity index is 2.10. The number of hydrogen-bond donors (Lipinski definition) is 1. The molecule has 0 saturated carbocycles. The molecule has 2 atom stereocenters. The fraction of sp³-hybridized carbons (Fsp3) is 0.571. The number of rotatable bonds is 5. The first kappa shape index (κ1) is 14.0. The van der Waals surface area contributed by atoms with Crippen LogP contribution in [-0.4, -0.2) is 19.2 Å². The Bertz CT molecular complexity index is 391. The van der Waals surface area contributed by atoms with E-state index in [2.05, 4.69) is 12.2 Å². The van der Waals surface area contributed by atoms with Crippen molar-refractivity contribution in [2.75, 3.05) is 13.1 Å². The normalized spacial score (nSPS) is 20.9. The molecule has 2 rings (SSSR count). The maximum absolute atomic E-state index is 6.17. The Morgan fingerprint density at radius 2 is 2.28 bits per heavy atom. The Kier molecular flexibility index (Phi) is 5.16. The smallest absolute Gasteiger partial charge is 0.139 e. The van der Waals surface area contributed by atoms with Crippen molar-refractivity contribution in [3.63, 3.8) is 0 Å². The van der Waals surface area contributed by atoms with E-state index in [1.165, 1.54) is 6.42 Å². The fourth-order valence-corrected chi connectivity index (χ4v) is 2.74. The highest BCUT2D eigenvalue weighted by Crippen LogP contribution is 2.34. The largest absolute Gasteiger partial charge is 0.488 e. The molecule has 1 fully saturated rings. The molecule has 0 radical (unpaired) electrons. The summed E-state index contributed by atoms with van der Waals surface area (Å²) in [6.07, 6.45) is 3.55. The second-order valence-corrected chi connectivity index (χ2v) is 5.53. The fourth-order valence-electron chi connectivity index (χ4n) is 2.41. The standard InChI is InChI=1S/C14H19Cl2NO/c1-2-4-12(10-7-8-17-9-10)18-13-6-3-5-11(15)14(13)16/h3,5-6,10,12,17H,2,4,7-9H2,1H3/t10-,12-/m0/s1. The van der Waals surface area contributed by atoms with Crippen molar-refractivity contribution in [3.05, 3.63) is 28.2 Å². The Morgan fingerprint density at radius 1 is 1.44 bits per heavy atom. The molecule has 0 unspecified atom stereocenters. The average Bonchev–Trinajstić information content (AvgIpc) is 2.88. The SMILES string of the molecule is CCC[C@H](Oc1cccc(Cl)c1Cl)[C@H]1CCNC1. The number of halogens is 2. The zero-order chi connectivity index (χ0) is 13.0. The maximum Gasteiger partial charge on any atom is 0.139 e. The molecule has 1 aromatic carbocycles. The van der Waals surface area contributed by atoms with E-state index in [4.69, 9.17) is 27.9 Å². The molecule has 0 amide bonds. The van der Waals surface area contributed by atoms with Crippen LogP contribution in [0.5, 0.6) is 5.75 Å². The van der Waals surface area contributed by atoms with E-state index in [1.54, 1.807) is 6.07 Å². The van der Waals surface area contributed by atoms with Gasteiger partial charge in [-0.05, 0) is 31.5 Å². The van der Waals surface area contributed by atoms with E-state index in [9.17, 15) is 0 Å². The van der Waals surface area contributed by atoms with Gasteiger partial charge in [0.05, 0.1) is 5.02 Å². The van der Waals surface area contributed by atoms with E-state index in [1.807, 2.05) is 12.1 Å². The molecule has 0 bridgehead atoms. The van der Waals surface area contributed by atoms with Crippen LogP contribution in [0.15, 0.2) is 18.2 Å². The second kappa shape index (κ2) is 6.65. The Hall–Kier alpha value is -0.440. The Morgan fingerprint density at radius 3 is 2.94 bits per heavy atom. The molecule has 0 aromatic heterocycles. The summed E-state index contributed by atoms with van der Waals surface area (Å²) >= 11 is 12.2. The lowest BCUT2D eigenvalue weighted by molar-refractivity contribution is 0.132. The molecule has 0 spiro atoms. The summed E-state index contributed by atoms with van der Waals surface area (Å²) in [5.74, 6) is 1.27. The van der Waals surface area contributed by atoms with Crippen LogP contribution in [0, 0.1) is 5.92 Å². The predicted octanol–water partition coefficient (Wildman–Crippen LogP) is 4.15. The molecule has 4 heteroatoms. The first-order valence-electron chi connectivity index (χ1n) is 6.53. The van der Waals surface area contributed by atoms with Gasteiger partial charge in [-0.15, -0.1) is 0 Å². The van der Waals surface area contributed by atoms with E-state index in [-0.39, 0.29) is 6.10 Å². The van der Waals surface area contributed by atoms with Crippen molar-refractivity contribution in [2.45, 2.75) is 32.3 Å². The highest BCUT2D eigenvalue weighted by Gasteiger charge is 2.26. The quantitative estimate of drug-likeness (QED) is 0.878. The van der Waals surface area contributed by atoms with Gasteiger partial charge >= 0.3 is 0 Å². The third-order valence-electron chi connectivity index (χ3n) is 3.39. The van der Waals surface area contributed by atoms with Crippen molar-refractivity contribution in [2.24, 2.45) is 5.92 Å². The van der Waals surface area contributed by atoms with Crippen LogP contribution in [0.4, 0.5) is 0 Å². The summed E-state index contributed by atoms with van der Waals surface area (Å²) < 4.78 is 6.09. The van der Waals surface area contributed by atoms with Crippen molar-refractivity contribution in [3.8, 4) is 5.75 Å². The average molecular weight is 288 g/mol. The summed E-state index contributed by atoms with van der Waals surface area (Å²) in [6, 6.07) is 5.54. The summed E-state index contributed by atoms with van der Waals surface area (Å²) in [5.41, 5.74) is 0. The number of hydrogen-bond acceptors (Lipinski definition) is 2. The topological polar surface area (TPSA) is 21.3 Å². The lowest BCUT2D eigenvalue weighted by Crippen LogP contribution is -2.28. The highest BCUT2D eigenvalue weighted by atomic mass is 35.5. The van der Waals surface area contributed by atoms with Crippen molar-refractivity contribution >= 4 is 23.2 Å². The third kappa shape index (κ3) is 3.31. The molecule has 18 heavy (non-hydrogen) atoms. The van der Waals surface area contributed by atoms with Crippen LogP contribution in [0.25, 0.3) is 0 Å². The second-order valence-electron chi connectivity index (χ2n) is 4.75. The van der Waals surface area contributed by atoms with Crippen LogP contribution >= 0.6 is 23.2 Å². The van der Waals surface area contributed by atoms with Crippen LogP contribution in [-0.2, 0) is 0 Å². The van der Waals surface area contributed by atoms with Crippen LogP contribution in [0.1, 0.15) is 26.2 Å². The van der Waals surface area contributed by atoms with Crippen molar-refractivity contribution in [1.29, 1.82) is 0 Å². The molecular formula is C14H19Cl2NO. The van der Waals surface area contributed by atoms with Crippen LogP contribution in [0.2, 0.25) is 10.0 Å². The van der Waals surface area contributed by atoms with Gasteiger partial charge in [-0.1, -0.05) is 42.6 Å². The maximum atomic E-state index is 6.17. The van der Waals surface area contributed by atoms with Crippen molar-refractivity contribution in [1.82, 2.24) is 5.32 Å². The molecule has 1 aliphatic rings. The summed E-state index contributed by atoms with van der Waals surface area (Å²) in [4.78, 5) is 0. The Labute approximate surface area is 119 Å². The predicted molar refractivity (Wildman–Crippen MR) is 76.8 cm³/mol. The van der Waals surface area contributed by atoms with Crippen LogP contribution < -0.4 is 10.1 Å². The highest BCUT2D eigenvalue weighted by molar-refractivity contribution is 6.42. The summed E-state index contributed by atoms with van der Waals surface area (Å²) in [5, 5.41) is 4.45. The molecule has 1 saturated heterocycles. The summed E-state index contributed by atoms with van der Waals surface area (Å²) in [6.45, 7) is 4.29. The number of nitrogens with one attached hydrogen (secondary N) is 1. The third-order valence-corrected chi connectivity index (χ3v) is 4.19. The van der Waals surface area contributed by atoms with Gasteiger partial charge in [0.15, 0.2) is 0 Å². The molecule has 1 heterocycles. The zero-order valence-electron chi connectivity index (χ0n) is 10.6. The van der Waals surface area contributed by atoms with E-state index in [0.29, 0.717) is 21.7 Å². The van der Waals surface area contributed by atoms with E-state index in [0.717, 1.165) is 25.9 Å². The minimum absolute atomic E-state index is 0.223. The van der Waals surface area contributed by atoms with Gasteiger partial charge in [-0.3, -0.25) is 0 Å². The minimum atomic E-state index is 0.223. The molecule has 1 N–H and O–H groups in total. The molecule has 0 aliphatic carbocycles. The lowest BCUT2D eigenvalue weighted by atomic mass is 9.97. The first-order valence-corrected chi connectivity index (χ1v) is 7.29. The number of ether oxygens (including phenoxy) is 1. The number of benzene rings is 1. The van der Waals surface area contributed by atoms with Gasteiger partial charge in [-0.25, -0.2) is 0 Å². The minimum Gasteiger partial charge on any atom is -0.488 e. The summed E-state index contributed by atoms with van der Waals surface area (Å²) in [7, 11) is 0. The van der Waals surface area contributed by atoms with Gasteiger partial charge in [0.25, 0.3) is 0 Å². The molecule has 1 aliphatic heterocycles.